The molecule has 0 radical (unpaired) electrons. The molecule has 0 unspecified atom stereocenters. The average Bonchev–Trinajstić information content (AvgIpc) is 3.46. The van der Waals surface area contributed by atoms with E-state index in [4.69, 9.17) is 9.51 Å². The van der Waals surface area contributed by atoms with Gasteiger partial charge in [-0.25, -0.2) is 9.97 Å². The molecule has 5 aromatic rings. The van der Waals surface area contributed by atoms with Crippen molar-refractivity contribution < 1.29 is 4.52 Å². The fourth-order valence-corrected chi connectivity index (χ4v) is 3.62. The number of hydrogen-bond acceptors (Lipinski definition) is 6. The maximum Gasteiger partial charge on any atom is 0.257 e. The van der Waals surface area contributed by atoms with Crippen molar-refractivity contribution in [2.24, 2.45) is 0 Å². The molecule has 5 rings (SSSR count). The molecule has 132 valence electrons. The number of nitrogens with zero attached hydrogens (tertiary/aromatic N) is 5. The lowest BCUT2D eigenvalue weighted by atomic mass is 10.2. The van der Waals surface area contributed by atoms with E-state index in [2.05, 4.69) is 25.8 Å². The Kier molecular flexibility index (Phi) is 3.99. The fourth-order valence-electron chi connectivity index (χ4n) is 3.09. The molecule has 0 bridgehead atoms. The molecular weight excluding hydrogens is 358 g/mol. The second-order valence-electron chi connectivity index (χ2n) is 6.08. The Morgan fingerprint density at radius 3 is 2.67 bits per heavy atom. The van der Waals surface area contributed by atoms with Gasteiger partial charge in [-0.05, 0) is 24.3 Å². The lowest BCUT2D eigenvalue weighted by Gasteiger charge is -2.06. The summed E-state index contributed by atoms with van der Waals surface area (Å²) in [6.45, 7) is 0.696. The van der Waals surface area contributed by atoms with Gasteiger partial charge in [0.25, 0.3) is 5.89 Å². The topological polar surface area (TPSA) is 69.6 Å². The number of rotatable bonds is 5. The van der Waals surface area contributed by atoms with Crippen LogP contribution in [0.15, 0.2) is 70.0 Å². The molecule has 6 nitrogen and oxygen atoms in total. The second-order valence-corrected chi connectivity index (χ2v) is 6.80. The second kappa shape index (κ2) is 6.77. The Bertz CT molecular complexity index is 1180. The highest BCUT2D eigenvalue weighted by atomic mass is 32.1. The van der Waals surface area contributed by atoms with Crippen LogP contribution in [0.3, 0.4) is 0 Å². The maximum absolute atomic E-state index is 5.41. The van der Waals surface area contributed by atoms with Crippen molar-refractivity contribution in [3.8, 4) is 23.0 Å². The molecule has 0 saturated heterocycles. The van der Waals surface area contributed by atoms with Crippen molar-refractivity contribution in [2.45, 2.75) is 13.0 Å². The zero-order valence-corrected chi connectivity index (χ0v) is 15.1. The van der Waals surface area contributed by atoms with Gasteiger partial charge in [0.2, 0.25) is 0 Å². The van der Waals surface area contributed by atoms with Gasteiger partial charge in [0.15, 0.2) is 11.6 Å². The van der Waals surface area contributed by atoms with Crippen LogP contribution in [-0.4, -0.2) is 24.7 Å². The molecule has 27 heavy (non-hydrogen) atoms. The summed E-state index contributed by atoms with van der Waals surface area (Å²) in [7, 11) is 0. The van der Waals surface area contributed by atoms with Crippen LogP contribution in [-0.2, 0) is 13.0 Å². The largest absolute Gasteiger partial charge is 0.334 e. The van der Waals surface area contributed by atoms with E-state index in [1.807, 2.05) is 59.4 Å². The molecule has 0 saturated carbocycles. The summed E-state index contributed by atoms with van der Waals surface area (Å²) in [5.41, 5.74) is 5.66. The minimum Gasteiger partial charge on any atom is -0.334 e. The van der Waals surface area contributed by atoms with Crippen LogP contribution in [0.1, 0.15) is 5.82 Å². The Morgan fingerprint density at radius 2 is 1.81 bits per heavy atom. The number of thiazole rings is 1. The molecule has 3 aromatic heterocycles. The van der Waals surface area contributed by atoms with Crippen molar-refractivity contribution in [3.63, 3.8) is 0 Å². The van der Waals surface area contributed by atoms with Gasteiger partial charge in [-0.15, -0.1) is 11.3 Å². The normalized spacial score (nSPS) is 11.3. The van der Waals surface area contributed by atoms with E-state index in [1.165, 1.54) is 0 Å². The molecule has 0 amide bonds. The van der Waals surface area contributed by atoms with Crippen molar-refractivity contribution in [1.82, 2.24) is 24.7 Å². The molecule has 2 aromatic carbocycles. The summed E-state index contributed by atoms with van der Waals surface area (Å²) in [6.07, 6.45) is 0.647. The van der Waals surface area contributed by atoms with Crippen LogP contribution < -0.4 is 0 Å². The number of aromatic nitrogens is 5. The van der Waals surface area contributed by atoms with E-state index in [-0.39, 0.29) is 0 Å². The number of imidazole rings is 1. The zero-order chi connectivity index (χ0) is 18.1. The first-order valence-corrected chi connectivity index (χ1v) is 9.54. The molecule has 0 fully saturated rings. The van der Waals surface area contributed by atoms with Gasteiger partial charge in [-0.3, -0.25) is 0 Å². The predicted molar refractivity (Wildman–Crippen MR) is 104 cm³/mol. The van der Waals surface area contributed by atoms with Gasteiger partial charge < -0.3 is 9.09 Å². The summed E-state index contributed by atoms with van der Waals surface area (Å²) >= 11 is 1.56. The highest BCUT2D eigenvalue weighted by molar-refractivity contribution is 7.07. The Labute approximate surface area is 159 Å². The van der Waals surface area contributed by atoms with E-state index < -0.39 is 0 Å². The summed E-state index contributed by atoms with van der Waals surface area (Å²) in [5, 5.41) is 6.14. The maximum atomic E-state index is 5.41. The van der Waals surface area contributed by atoms with Gasteiger partial charge in [-0.1, -0.05) is 35.5 Å². The molecular formula is C20H15N5OS. The van der Waals surface area contributed by atoms with E-state index in [1.54, 1.807) is 11.3 Å². The van der Waals surface area contributed by atoms with E-state index in [0.717, 1.165) is 28.1 Å². The standard InChI is InChI=1S/C20H15N5OS/c1-2-6-14(7-3-1)20-23-18(24-26-20)10-11-25-17-9-5-4-8-15(17)22-19(25)16-12-27-13-21-16/h1-9,12-13H,10-11H2. The molecule has 0 aliphatic carbocycles. The van der Waals surface area contributed by atoms with Crippen LogP contribution in [0.5, 0.6) is 0 Å². The molecule has 0 N–H and O–H groups in total. The third-order valence-corrected chi connectivity index (χ3v) is 4.95. The monoisotopic (exact) mass is 373 g/mol. The molecule has 0 atom stereocenters. The zero-order valence-electron chi connectivity index (χ0n) is 14.3. The van der Waals surface area contributed by atoms with Gasteiger partial charge in [0.05, 0.1) is 16.5 Å². The Balaban J connectivity index is 1.45. The third kappa shape index (κ3) is 3.02. The number of fused-ring (bicyclic) bond motifs is 1. The number of aryl methyl sites for hydroxylation is 2. The molecule has 0 aliphatic heterocycles. The number of hydrogen-bond donors (Lipinski definition) is 0. The van der Waals surface area contributed by atoms with Crippen LogP contribution in [0, 0.1) is 0 Å². The minimum absolute atomic E-state index is 0.542. The number of benzene rings is 2. The smallest absolute Gasteiger partial charge is 0.257 e. The molecule has 7 heteroatoms. The summed E-state index contributed by atoms with van der Waals surface area (Å²) < 4.78 is 7.58. The summed E-state index contributed by atoms with van der Waals surface area (Å²) in [4.78, 5) is 13.7. The number of para-hydroxylation sites is 2. The van der Waals surface area contributed by atoms with Crippen molar-refractivity contribution in [3.05, 3.63) is 71.3 Å². The van der Waals surface area contributed by atoms with Crippen molar-refractivity contribution in [2.75, 3.05) is 0 Å². The van der Waals surface area contributed by atoms with E-state index in [0.29, 0.717) is 24.7 Å². The van der Waals surface area contributed by atoms with Crippen LogP contribution in [0.25, 0.3) is 34.0 Å². The molecule has 0 spiro atoms. The first-order chi connectivity index (χ1) is 13.4. The average molecular weight is 373 g/mol. The predicted octanol–water partition coefficient (Wildman–Crippen LogP) is 4.45. The highest BCUT2D eigenvalue weighted by Gasteiger charge is 2.15. The van der Waals surface area contributed by atoms with Gasteiger partial charge in [-0.2, -0.15) is 4.98 Å². The van der Waals surface area contributed by atoms with E-state index in [9.17, 15) is 0 Å². The Hall–Kier alpha value is -3.32. The lowest BCUT2D eigenvalue weighted by molar-refractivity contribution is 0.421. The highest BCUT2D eigenvalue weighted by Crippen LogP contribution is 2.25. The Morgan fingerprint density at radius 1 is 0.963 bits per heavy atom. The first kappa shape index (κ1) is 15.9. The lowest BCUT2D eigenvalue weighted by Crippen LogP contribution is -2.04. The summed E-state index contributed by atoms with van der Waals surface area (Å²) in [5.74, 6) is 2.08. The van der Waals surface area contributed by atoms with Crippen LogP contribution in [0.4, 0.5) is 0 Å². The SMILES string of the molecule is c1ccc(-c2nc(CCn3c(-c4cscn4)nc4ccccc43)no2)cc1. The molecule has 3 heterocycles. The summed E-state index contributed by atoms with van der Waals surface area (Å²) in [6, 6.07) is 17.9. The molecule has 0 aliphatic rings. The van der Waals surface area contributed by atoms with E-state index >= 15 is 0 Å². The minimum atomic E-state index is 0.542. The third-order valence-electron chi connectivity index (χ3n) is 4.36. The first-order valence-electron chi connectivity index (χ1n) is 8.60. The van der Waals surface area contributed by atoms with Gasteiger partial charge in [0.1, 0.15) is 5.69 Å². The fraction of sp³-hybridized carbons (Fsp3) is 0.100. The van der Waals surface area contributed by atoms with Crippen molar-refractivity contribution >= 4 is 22.4 Å². The van der Waals surface area contributed by atoms with Gasteiger partial charge in [0, 0.05) is 23.9 Å². The van der Waals surface area contributed by atoms with Crippen LogP contribution in [0.2, 0.25) is 0 Å². The van der Waals surface area contributed by atoms with Crippen molar-refractivity contribution in [1.29, 1.82) is 0 Å². The quantitative estimate of drug-likeness (QED) is 0.455. The van der Waals surface area contributed by atoms with Gasteiger partial charge >= 0.3 is 0 Å². The van der Waals surface area contributed by atoms with Crippen LogP contribution >= 0.6 is 11.3 Å².